The Kier molecular flexibility index (Phi) is 8.72. The molecule has 202 valence electrons. The van der Waals surface area contributed by atoms with E-state index < -0.39 is 11.9 Å². The third kappa shape index (κ3) is 6.32. The molecule has 11 heteroatoms. The number of aliphatic carboxylic acids is 1. The molecule has 0 aliphatic rings. The molecular formula is C28H27N3O7S. The molecule has 10 nitrogen and oxygen atoms in total. The minimum absolute atomic E-state index is 0.00503. The van der Waals surface area contributed by atoms with E-state index in [2.05, 4.69) is 10.2 Å². The molecule has 39 heavy (non-hydrogen) atoms. The first-order valence-corrected chi connectivity index (χ1v) is 12.8. The SMILES string of the molecule is CCOC(=O)c1ccc(-c2ccc(/C=C(\Sc3nnc(-c4cc(OC)cc(OC)c4)n3CC)C(=O)O)o2)cc1. The van der Waals surface area contributed by atoms with Gasteiger partial charge in [-0.3, -0.25) is 0 Å². The van der Waals surface area contributed by atoms with Crippen LogP contribution in [0.25, 0.3) is 28.8 Å². The van der Waals surface area contributed by atoms with E-state index in [1.165, 1.54) is 6.08 Å². The van der Waals surface area contributed by atoms with Gasteiger partial charge >= 0.3 is 11.9 Å². The van der Waals surface area contributed by atoms with Gasteiger partial charge in [-0.05, 0) is 62.0 Å². The van der Waals surface area contributed by atoms with Crippen molar-refractivity contribution in [1.29, 1.82) is 0 Å². The van der Waals surface area contributed by atoms with Gasteiger partial charge in [-0.1, -0.05) is 12.1 Å². The van der Waals surface area contributed by atoms with Crippen LogP contribution >= 0.6 is 11.8 Å². The molecule has 0 bridgehead atoms. The second-order valence-electron chi connectivity index (χ2n) is 8.07. The van der Waals surface area contributed by atoms with E-state index in [0.717, 1.165) is 22.9 Å². The van der Waals surface area contributed by atoms with Gasteiger partial charge in [0.15, 0.2) is 11.0 Å². The molecular weight excluding hydrogens is 522 g/mol. The fourth-order valence-electron chi connectivity index (χ4n) is 3.73. The van der Waals surface area contributed by atoms with Crippen LogP contribution in [-0.2, 0) is 16.1 Å². The number of methoxy groups -OCH3 is 2. The molecule has 2 heterocycles. The van der Waals surface area contributed by atoms with Crippen molar-refractivity contribution in [3.63, 3.8) is 0 Å². The summed E-state index contributed by atoms with van der Waals surface area (Å²) in [7, 11) is 3.12. The second-order valence-corrected chi connectivity index (χ2v) is 9.08. The van der Waals surface area contributed by atoms with Gasteiger partial charge < -0.3 is 28.3 Å². The zero-order chi connectivity index (χ0) is 27.9. The van der Waals surface area contributed by atoms with Crippen LogP contribution in [0.5, 0.6) is 11.5 Å². The van der Waals surface area contributed by atoms with E-state index in [1.807, 2.05) is 23.6 Å². The predicted molar refractivity (Wildman–Crippen MR) is 146 cm³/mol. The van der Waals surface area contributed by atoms with E-state index in [0.29, 0.717) is 52.7 Å². The molecule has 0 spiro atoms. The maximum Gasteiger partial charge on any atom is 0.342 e. The van der Waals surface area contributed by atoms with Crippen molar-refractivity contribution in [3.8, 4) is 34.2 Å². The summed E-state index contributed by atoms with van der Waals surface area (Å²) in [5, 5.41) is 18.9. The summed E-state index contributed by atoms with van der Waals surface area (Å²) < 4.78 is 23.4. The lowest BCUT2D eigenvalue weighted by Crippen LogP contribution is -2.03. The van der Waals surface area contributed by atoms with Gasteiger partial charge in [0.2, 0.25) is 0 Å². The summed E-state index contributed by atoms with van der Waals surface area (Å²) in [6, 6.07) is 15.6. The summed E-state index contributed by atoms with van der Waals surface area (Å²) in [6.45, 7) is 4.47. The number of thioether (sulfide) groups is 1. The minimum atomic E-state index is -1.13. The highest BCUT2D eigenvalue weighted by molar-refractivity contribution is 8.04. The number of carboxylic acid groups (broad SMARTS) is 1. The van der Waals surface area contributed by atoms with Gasteiger partial charge in [0.1, 0.15) is 27.9 Å². The van der Waals surface area contributed by atoms with Gasteiger partial charge in [0, 0.05) is 29.8 Å². The van der Waals surface area contributed by atoms with Crippen LogP contribution in [-0.4, -0.2) is 52.6 Å². The number of hydrogen-bond donors (Lipinski definition) is 1. The average molecular weight is 550 g/mol. The Morgan fingerprint density at radius 3 is 2.26 bits per heavy atom. The molecule has 0 amide bonds. The molecule has 0 unspecified atom stereocenters. The molecule has 0 saturated heterocycles. The highest BCUT2D eigenvalue weighted by Crippen LogP contribution is 2.34. The molecule has 1 N–H and O–H groups in total. The van der Waals surface area contributed by atoms with E-state index in [-0.39, 0.29) is 4.91 Å². The molecule has 2 aromatic heterocycles. The molecule has 0 radical (unpaired) electrons. The number of furan rings is 1. The van der Waals surface area contributed by atoms with E-state index >= 15 is 0 Å². The van der Waals surface area contributed by atoms with Crippen molar-refractivity contribution in [2.45, 2.75) is 25.5 Å². The number of rotatable bonds is 11. The van der Waals surface area contributed by atoms with Gasteiger partial charge in [-0.15, -0.1) is 10.2 Å². The Hall–Kier alpha value is -4.51. The number of carboxylic acids is 1. The van der Waals surface area contributed by atoms with Crippen LogP contribution in [0.3, 0.4) is 0 Å². The standard InChI is InChI=1S/C28H27N3O7S/c1-5-31-25(19-13-21(35-3)15-22(14-19)36-4)29-30-28(31)39-24(26(32)33)16-20-11-12-23(38-20)17-7-9-18(10-8-17)27(34)37-6-2/h7-16H,5-6H2,1-4H3,(H,32,33)/b24-16-. The smallest absolute Gasteiger partial charge is 0.342 e. The van der Waals surface area contributed by atoms with Crippen molar-refractivity contribution < 1.29 is 33.3 Å². The van der Waals surface area contributed by atoms with Crippen LogP contribution in [0.15, 0.2) is 69.1 Å². The van der Waals surface area contributed by atoms with Crippen LogP contribution in [0.4, 0.5) is 0 Å². The van der Waals surface area contributed by atoms with Crippen molar-refractivity contribution in [2.24, 2.45) is 0 Å². The summed E-state index contributed by atoms with van der Waals surface area (Å²) in [5.41, 5.74) is 1.89. The number of ether oxygens (including phenoxy) is 3. The molecule has 4 rings (SSSR count). The van der Waals surface area contributed by atoms with Crippen molar-refractivity contribution >= 4 is 29.8 Å². The first kappa shape index (κ1) is 27.5. The Labute approximate surface area is 229 Å². The Morgan fingerprint density at radius 1 is 0.974 bits per heavy atom. The Bertz CT molecular complexity index is 1480. The topological polar surface area (TPSA) is 126 Å². The molecule has 4 aromatic rings. The molecule has 0 aliphatic heterocycles. The van der Waals surface area contributed by atoms with Crippen LogP contribution in [0, 0.1) is 0 Å². The third-order valence-electron chi connectivity index (χ3n) is 5.64. The van der Waals surface area contributed by atoms with Crippen LogP contribution < -0.4 is 9.47 Å². The number of benzene rings is 2. The average Bonchev–Trinajstić information content (AvgIpc) is 3.59. The molecule has 2 aromatic carbocycles. The normalized spacial score (nSPS) is 11.3. The summed E-state index contributed by atoms with van der Waals surface area (Å²) in [4.78, 5) is 24.0. The van der Waals surface area contributed by atoms with Gasteiger partial charge in [0.25, 0.3) is 0 Å². The monoisotopic (exact) mass is 549 g/mol. The molecule has 0 saturated carbocycles. The Morgan fingerprint density at radius 2 is 1.67 bits per heavy atom. The highest BCUT2D eigenvalue weighted by atomic mass is 32.2. The number of hydrogen-bond acceptors (Lipinski definition) is 9. The first-order chi connectivity index (χ1) is 18.9. The highest BCUT2D eigenvalue weighted by Gasteiger charge is 2.20. The summed E-state index contributed by atoms with van der Waals surface area (Å²) in [6.07, 6.45) is 1.44. The Balaban J connectivity index is 1.59. The van der Waals surface area contributed by atoms with Gasteiger partial charge in [-0.2, -0.15) is 0 Å². The minimum Gasteiger partial charge on any atom is -0.497 e. The van der Waals surface area contributed by atoms with Crippen molar-refractivity contribution in [2.75, 3.05) is 20.8 Å². The molecule has 0 aliphatic carbocycles. The zero-order valence-electron chi connectivity index (χ0n) is 21.8. The largest absolute Gasteiger partial charge is 0.497 e. The van der Waals surface area contributed by atoms with E-state index in [4.69, 9.17) is 18.6 Å². The molecule has 0 fully saturated rings. The number of carbonyl (C=O) groups excluding carboxylic acids is 1. The number of aromatic nitrogens is 3. The number of carbonyl (C=O) groups is 2. The lowest BCUT2D eigenvalue weighted by molar-refractivity contribution is -0.131. The number of esters is 1. The predicted octanol–water partition coefficient (Wildman–Crippen LogP) is 5.64. The maximum atomic E-state index is 12.1. The van der Waals surface area contributed by atoms with Crippen LogP contribution in [0.2, 0.25) is 0 Å². The lowest BCUT2D eigenvalue weighted by Gasteiger charge is -2.10. The number of nitrogens with zero attached hydrogens (tertiary/aromatic N) is 3. The van der Waals surface area contributed by atoms with E-state index in [9.17, 15) is 14.7 Å². The van der Waals surface area contributed by atoms with Gasteiger partial charge in [-0.25, -0.2) is 9.59 Å². The lowest BCUT2D eigenvalue weighted by atomic mass is 10.1. The maximum absolute atomic E-state index is 12.1. The first-order valence-electron chi connectivity index (χ1n) is 12.0. The summed E-state index contributed by atoms with van der Waals surface area (Å²) in [5.74, 6) is 1.09. The van der Waals surface area contributed by atoms with Crippen molar-refractivity contribution in [1.82, 2.24) is 14.8 Å². The van der Waals surface area contributed by atoms with Crippen LogP contribution in [0.1, 0.15) is 30.0 Å². The van der Waals surface area contributed by atoms with Gasteiger partial charge in [0.05, 0.1) is 26.4 Å². The third-order valence-corrected chi connectivity index (χ3v) is 6.63. The quantitative estimate of drug-likeness (QED) is 0.143. The zero-order valence-corrected chi connectivity index (χ0v) is 22.7. The summed E-state index contributed by atoms with van der Waals surface area (Å²) >= 11 is 0.970. The van der Waals surface area contributed by atoms with Crippen molar-refractivity contribution in [3.05, 3.63) is 70.8 Å². The molecule has 0 atom stereocenters. The fourth-order valence-corrected chi connectivity index (χ4v) is 4.60. The van der Waals surface area contributed by atoms with E-state index in [1.54, 1.807) is 63.6 Å². The second kappa shape index (κ2) is 12.4. The fraction of sp³-hybridized carbons (Fsp3) is 0.214.